The Hall–Kier alpha value is -2.04. The molecule has 1 unspecified atom stereocenters. The van der Waals surface area contributed by atoms with E-state index in [-0.39, 0.29) is 5.91 Å². The van der Waals surface area contributed by atoms with Gasteiger partial charge in [0.05, 0.1) is 12.3 Å². The van der Waals surface area contributed by atoms with Crippen LogP contribution in [0.15, 0.2) is 12.1 Å². The number of hydrogen-bond acceptors (Lipinski definition) is 4. The lowest BCUT2D eigenvalue weighted by molar-refractivity contribution is -0.126. The van der Waals surface area contributed by atoms with E-state index in [0.717, 1.165) is 12.7 Å². The summed E-state index contributed by atoms with van der Waals surface area (Å²) < 4.78 is 11.4. The molecule has 114 valence electrons. The van der Waals surface area contributed by atoms with Gasteiger partial charge >= 0.3 is 0 Å². The largest absolute Gasteiger partial charge is 0.490 e. The minimum absolute atomic E-state index is 0.0580. The standard InChI is InChI=1S/C16H21NO4/c1-4-7-17-12-8-11(10-18)9-14(20-6-3)15(12)21-13(5-2)16(17)19/h8-10,13H,4-7H2,1-3H3. The summed E-state index contributed by atoms with van der Waals surface area (Å²) in [5, 5.41) is 0. The Morgan fingerprint density at radius 2 is 2.10 bits per heavy atom. The zero-order valence-electron chi connectivity index (χ0n) is 12.7. The molecule has 0 saturated carbocycles. The van der Waals surface area contributed by atoms with Crippen molar-refractivity contribution >= 4 is 17.9 Å². The number of ether oxygens (including phenoxy) is 2. The molecule has 5 heteroatoms. The van der Waals surface area contributed by atoms with Crippen LogP contribution in [0.3, 0.4) is 0 Å². The fourth-order valence-corrected chi connectivity index (χ4v) is 2.46. The van der Waals surface area contributed by atoms with Crippen LogP contribution in [-0.2, 0) is 4.79 Å². The quantitative estimate of drug-likeness (QED) is 0.756. The number of carbonyl (C=O) groups is 2. The Labute approximate surface area is 124 Å². The van der Waals surface area contributed by atoms with Crippen molar-refractivity contribution in [3.8, 4) is 11.5 Å². The SMILES string of the molecule is CCCN1C(=O)C(CC)Oc2c(OCC)cc(C=O)cc21. The zero-order valence-corrected chi connectivity index (χ0v) is 12.7. The second-order valence-electron chi connectivity index (χ2n) is 4.92. The molecule has 1 atom stereocenters. The third-order valence-electron chi connectivity index (χ3n) is 3.40. The van der Waals surface area contributed by atoms with E-state index in [1.807, 2.05) is 20.8 Å². The van der Waals surface area contributed by atoms with Crippen molar-refractivity contribution in [3.63, 3.8) is 0 Å². The van der Waals surface area contributed by atoms with Crippen LogP contribution in [0.4, 0.5) is 5.69 Å². The second-order valence-corrected chi connectivity index (χ2v) is 4.92. The van der Waals surface area contributed by atoms with Gasteiger partial charge in [0.15, 0.2) is 17.6 Å². The lowest BCUT2D eigenvalue weighted by Gasteiger charge is -2.35. The van der Waals surface area contributed by atoms with Gasteiger partial charge in [-0.1, -0.05) is 13.8 Å². The molecule has 0 aliphatic carbocycles. The molecule has 1 aliphatic heterocycles. The number of anilines is 1. The summed E-state index contributed by atoms with van der Waals surface area (Å²) in [5.41, 5.74) is 1.10. The maximum Gasteiger partial charge on any atom is 0.268 e. The highest BCUT2D eigenvalue weighted by Gasteiger charge is 2.35. The molecule has 1 aliphatic rings. The van der Waals surface area contributed by atoms with E-state index in [1.165, 1.54) is 0 Å². The van der Waals surface area contributed by atoms with E-state index in [4.69, 9.17) is 9.47 Å². The normalized spacial score (nSPS) is 17.2. The molecular formula is C16H21NO4. The minimum Gasteiger partial charge on any atom is -0.490 e. The van der Waals surface area contributed by atoms with Crippen LogP contribution in [0, 0.1) is 0 Å². The molecule has 1 heterocycles. The smallest absolute Gasteiger partial charge is 0.268 e. The predicted octanol–water partition coefficient (Wildman–Crippen LogP) is 2.81. The summed E-state index contributed by atoms with van der Waals surface area (Å²) in [7, 11) is 0. The van der Waals surface area contributed by atoms with Crippen LogP contribution in [0.25, 0.3) is 0 Å². The summed E-state index contributed by atoms with van der Waals surface area (Å²) in [5.74, 6) is 1.02. The molecule has 1 aromatic rings. The zero-order chi connectivity index (χ0) is 15.4. The summed E-state index contributed by atoms with van der Waals surface area (Å²) >= 11 is 0. The summed E-state index contributed by atoms with van der Waals surface area (Å²) in [6.45, 7) is 6.86. The number of amides is 1. The number of nitrogens with zero attached hydrogens (tertiary/aromatic N) is 1. The maximum atomic E-state index is 12.4. The van der Waals surface area contributed by atoms with Crippen LogP contribution in [0.2, 0.25) is 0 Å². The topological polar surface area (TPSA) is 55.8 Å². The van der Waals surface area contributed by atoms with Crippen molar-refractivity contribution in [2.75, 3.05) is 18.1 Å². The molecule has 2 rings (SSSR count). The van der Waals surface area contributed by atoms with Crippen LogP contribution < -0.4 is 14.4 Å². The Morgan fingerprint density at radius 3 is 2.67 bits per heavy atom. The third kappa shape index (κ3) is 2.86. The van der Waals surface area contributed by atoms with Crippen LogP contribution in [0.1, 0.15) is 44.0 Å². The van der Waals surface area contributed by atoms with Gasteiger partial charge in [0.1, 0.15) is 6.29 Å². The van der Waals surface area contributed by atoms with Crippen LogP contribution >= 0.6 is 0 Å². The van der Waals surface area contributed by atoms with Crippen LogP contribution in [0.5, 0.6) is 11.5 Å². The number of benzene rings is 1. The molecule has 0 aromatic heterocycles. The van der Waals surface area contributed by atoms with Gasteiger partial charge in [-0.15, -0.1) is 0 Å². The summed E-state index contributed by atoms with van der Waals surface area (Å²) in [6, 6.07) is 3.34. The fourth-order valence-electron chi connectivity index (χ4n) is 2.46. The van der Waals surface area contributed by atoms with Gasteiger partial charge in [-0.05, 0) is 31.9 Å². The van der Waals surface area contributed by atoms with Crippen molar-refractivity contribution < 1.29 is 19.1 Å². The first kappa shape index (κ1) is 15.4. The van der Waals surface area contributed by atoms with Gasteiger partial charge in [0.25, 0.3) is 5.91 Å². The van der Waals surface area contributed by atoms with Crippen molar-refractivity contribution in [3.05, 3.63) is 17.7 Å². The van der Waals surface area contributed by atoms with Gasteiger partial charge in [-0.25, -0.2) is 0 Å². The monoisotopic (exact) mass is 291 g/mol. The molecule has 5 nitrogen and oxygen atoms in total. The molecule has 1 aromatic carbocycles. The van der Waals surface area contributed by atoms with Crippen molar-refractivity contribution in [2.45, 2.75) is 39.7 Å². The summed E-state index contributed by atoms with van der Waals surface area (Å²) in [6.07, 6.45) is 1.69. The highest BCUT2D eigenvalue weighted by molar-refractivity contribution is 6.01. The third-order valence-corrected chi connectivity index (χ3v) is 3.40. The van der Waals surface area contributed by atoms with Crippen molar-refractivity contribution in [2.24, 2.45) is 0 Å². The van der Waals surface area contributed by atoms with Gasteiger partial charge < -0.3 is 14.4 Å². The van der Waals surface area contributed by atoms with E-state index < -0.39 is 6.10 Å². The predicted molar refractivity (Wildman–Crippen MR) is 80.3 cm³/mol. The van der Waals surface area contributed by atoms with Crippen molar-refractivity contribution in [1.29, 1.82) is 0 Å². The summed E-state index contributed by atoms with van der Waals surface area (Å²) in [4.78, 5) is 25.3. The van der Waals surface area contributed by atoms with E-state index in [2.05, 4.69) is 0 Å². The Morgan fingerprint density at radius 1 is 1.33 bits per heavy atom. The average molecular weight is 291 g/mol. The minimum atomic E-state index is -0.495. The highest BCUT2D eigenvalue weighted by Crippen LogP contribution is 2.43. The number of hydrogen-bond donors (Lipinski definition) is 0. The maximum absolute atomic E-state index is 12.4. The van der Waals surface area contributed by atoms with E-state index in [1.54, 1.807) is 17.0 Å². The first-order valence-corrected chi connectivity index (χ1v) is 7.40. The molecule has 0 radical (unpaired) electrons. The second kappa shape index (κ2) is 6.61. The van der Waals surface area contributed by atoms with Gasteiger partial charge in [-0.3, -0.25) is 9.59 Å². The van der Waals surface area contributed by atoms with Gasteiger partial charge in [0.2, 0.25) is 0 Å². The first-order chi connectivity index (χ1) is 10.2. The number of fused-ring (bicyclic) bond motifs is 1. The lowest BCUT2D eigenvalue weighted by atomic mass is 10.1. The van der Waals surface area contributed by atoms with E-state index in [0.29, 0.717) is 42.3 Å². The van der Waals surface area contributed by atoms with Gasteiger partial charge in [0, 0.05) is 12.1 Å². The number of rotatable bonds is 6. The molecule has 0 fully saturated rings. The van der Waals surface area contributed by atoms with E-state index >= 15 is 0 Å². The number of aldehydes is 1. The van der Waals surface area contributed by atoms with E-state index in [9.17, 15) is 9.59 Å². The molecule has 0 saturated heterocycles. The Kier molecular flexibility index (Phi) is 4.83. The Balaban J connectivity index is 2.57. The lowest BCUT2D eigenvalue weighted by Crippen LogP contribution is -2.46. The van der Waals surface area contributed by atoms with Crippen molar-refractivity contribution in [1.82, 2.24) is 0 Å². The molecular weight excluding hydrogens is 270 g/mol. The van der Waals surface area contributed by atoms with Crippen LogP contribution in [-0.4, -0.2) is 31.4 Å². The van der Waals surface area contributed by atoms with Gasteiger partial charge in [-0.2, -0.15) is 0 Å². The molecule has 21 heavy (non-hydrogen) atoms. The Bertz CT molecular complexity index is 541. The molecule has 0 N–H and O–H groups in total. The first-order valence-electron chi connectivity index (χ1n) is 7.40. The molecule has 1 amide bonds. The molecule has 0 bridgehead atoms. The number of carbonyl (C=O) groups excluding carboxylic acids is 2. The fraction of sp³-hybridized carbons (Fsp3) is 0.500. The molecule has 0 spiro atoms. The average Bonchev–Trinajstić information content (AvgIpc) is 2.50. The highest BCUT2D eigenvalue weighted by atomic mass is 16.5.